The van der Waals surface area contributed by atoms with E-state index in [0.29, 0.717) is 16.4 Å². The van der Waals surface area contributed by atoms with E-state index < -0.39 is 0 Å². The van der Waals surface area contributed by atoms with Crippen molar-refractivity contribution in [2.75, 3.05) is 18.0 Å². The van der Waals surface area contributed by atoms with Crippen LogP contribution in [0.4, 0.5) is 5.82 Å². The highest BCUT2D eigenvalue weighted by atomic mass is 16.8. The van der Waals surface area contributed by atoms with E-state index in [0.717, 1.165) is 13.1 Å². The third-order valence-electron chi connectivity index (χ3n) is 1.55. The number of hydrogen-bond acceptors (Lipinski definition) is 4. The summed E-state index contributed by atoms with van der Waals surface area (Å²) in [6, 6.07) is 0. The molecule has 54 valence electrons. The number of anilines is 1. The lowest BCUT2D eigenvalue weighted by atomic mass is 10.5. The normalized spacial score (nSPS) is 15.9. The topological polar surface area (TPSA) is 56.0 Å². The third kappa shape index (κ3) is 0.632. The maximum Gasteiger partial charge on any atom is 0.312 e. The molecule has 0 aromatic carbocycles. The predicted molar refractivity (Wildman–Crippen MR) is 32.4 cm³/mol. The zero-order valence-electron chi connectivity index (χ0n) is 5.57. The molecular weight excluding hydrogens is 134 g/mol. The van der Waals surface area contributed by atoms with Gasteiger partial charge < -0.3 is 10.1 Å². The molecule has 0 N–H and O–H groups in total. The highest BCUT2D eigenvalue weighted by Crippen LogP contribution is 2.19. The first-order valence-corrected chi connectivity index (χ1v) is 3.10. The largest absolute Gasteiger partial charge is 0.359 e. The number of nitrogens with zero attached hydrogens (tertiary/aromatic N) is 3. The zero-order chi connectivity index (χ0) is 7.14. The summed E-state index contributed by atoms with van der Waals surface area (Å²) in [6.07, 6.45) is 0. The first-order chi connectivity index (χ1) is 4.79. The van der Waals surface area contributed by atoms with Gasteiger partial charge in [0.15, 0.2) is 0 Å². The van der Waals surface area contributed by atoms with Gasteiger partial charge in [0.05, 0.1) is 5.16 Å². The van der Waals surface area contributed by atoms with Gasteiger partial charge in [-0.05, 0) is 4.90 Å². The molecule has 1 aliphatic heterocycles. The smallest absolute Gasteiger partial charge is 0.312 e. The molecular formula is C5H7N3O2. The van der Waals surface area contributed by atoms with Crippen LogP contribution in [0.3, 0.4) is 0 Å². The fourth-order valence-electron chi connectivity index (χ4n) is 0.833. The van der Waals surface area contributed by atoms with E-state index in [1.165, 1.54) is 0 Å². The lowest BCUT2D eigenvalue weighted by Gasteiger charge is -1.88. The molecule has 0 spiro atoms. The second kappa shape index (κ2) is 1.62. The molecule has 2 rings (SSSR count). The van der Waals surface area contributed by atoms with Crippen molar-refractivity contribution in [3.8, 4) is 0 Å². The van der Waals surface area contributed by atoms with Crippen LogP contribution in [0.5, 0.6) is 0 Å². The molecule has 1 aromatic heterocycles. The Morgan fingerprint density at radius 2 is 2.40 bits per heavy atom. The van der Waals surface area contributed by atoms with Crippen LogP contribution in [0.25, 0.3) is 0 Å². The average Bonchev–Trinajstić information content (AvgIpc) is 2.67. The van der Waals surface area contributed by atoms with Crippen LogP contribution in [0.1, 0.15) is 5.69 Å². The van der Waals surface area contributed by atoms with E-state index in [1.54, 1.807) is 6.92 Å². The summed E-state index contributed by atoms with van der Waals surface area (Å²) in [4.78, 5) is 2.39. The van der Waals surface area contributed by atoms with E-state index in [-0.39, 0.29) is 0 Å². The summed E-state index contributed by atoms with van der Waals surface area (Å²) in [5.74, 6) is 0.676. The Kier molecular flexibility index (Phi) is 0.893. The van der Waals surface area contributed by atoms with Crippen molar-refractivity contribution in [3.63, 3.8) is 0 Å². The molecule has 0 bridgehead atoms. The Morgan fingerprint density at radius 3 is 2.80 bits per heavy atom. The van der Waals surface area contributed by atoms with Crippen LogP contribution >= 0.6 is 0 Å². The van der Waals surface area contributed by atoms with Gasteiger partial charge in [-0.3, -0.25) is 4.63 Å². The van der Waals surface area contributed by atoms with Crippen molar-refractivity contribution in [2.24, 2.45) is 0 Å². The van der Waals surface area contributed by atoms with Crippen molar-refractivity contribution < 1.29 is 9.53 Å². The molecule has 1 saturated heterocycles. The van der Waals surface area contributed by atoms with Crippen molar-refractivity contribution >= 4 is 5.82 Å². The molecule has 0 unspecified atom stereocenters. The van der Waals surface area contributed by atoms with Gasteiger partial charge in [-0.25, -0.2) is 0 Å². The molecule has 10 heavy (non-hydrogen) atoms. The summed E-state index contributed by atoms with van der Waals surface area (Å²) < 4.78 is 4.37. The Bertz CT molecular complexity index is 253. The lowest BCUT2D eigenvalue weighted by Crippen LogP contribution is -2.25. The Hall–Kier alpha value is -1.26. The first-order valence-electron chi connectivity index (χ1n) is 3.10. The van der Waals surface area contributed by atoms with Gasteiger partial charge in [-0.2, -0.15) is 0 Å². The monoisotopic (exact) mass is 141 g/mol. The van der Waals surface area contributed by atoms with Crippen LogP contribution in [0, 0.1) is 12.1 Å². The summed E-state index contributed by atoms with van der Waals surface area (Å²) in [6.45, 7) is 3.65. The minimum Gasteiger partial charge on any atom is -0.359 e. The SMILES string of the molecule is Cc1c(N2CC2)no[n+]1[O-]. The minimum atomic E-state index is 0.424. The van der Waals surface area contributed by atoms with E-state index in [2.05, 4.69) is 9.79 Å². The van der Waals surface area contributed by atoms with Gasteiger partial charge in [-0.15, -0.1) is 0 Å². The quantitative estimate of drug-likeness (QED) is 0.388. The Morgan fingerprint density at radius 1 is 1.70 bits per heavy atom. The van der Waals surface area contributed by atoms with E-state index in [1.807, 2.05) is 4.90 Å². The molecule has 0 saturated carbocycles. The van der Waals surface area contributed by atoms with Gasteiger partial charge in [0.25, 0.3) is 0 Å². The average molecular weight is 141 g/mol. The molecule has 0 atom stereocenters. The Labute approximate surface area is 57.4 Å². The van der Waals surface area contributed by atoms with Gasteiger partial charge in [0.2, 0.25) is 5.69 Å². The molecule has 5 heteroatoms. The maximum absolute atomic E-state index is 10.6. The fraction of sp³-hybridized carbons (Fsp3) is 0.600. The minimum absolute atomic E-state index is 0.424. The number of hydrogen-bond donors (Lipinski definition) is 0. The third-order valence-corrected chi connectivity index (χ3v) is 1.55. The number of rotatable bonds is 1. The van der Waals surface area contributed by atoms with E-state index in [9.17, 15) is 5.21 Å². The van der Waals surface area contributed by atoms with Gasteiger partial charge in [-0.1, -0.05) is 0 Å². The van der Waals surface area contributed by atoms with Crippen molar-refractivity contribution in [3.05, 3.63) is 10.9 Å². The van der Waals surface area contributed by atoms with Crippen molar-refractivity contribution in [1.82, 2.24) is 5.16 Å². The molecule has 2 heterocycles. The van der Waals surface area contributed by atoms with E-state index in [4.69, 9.17) is 0 Å². The lowest BCUT2D eigenvalue weighted by molar-refractivity contribution is -0.806. The molecule has 1 fully saturated rings. The van der Waals surface area contributed by atoms with Crippen LogP contribution in [-0.2, 0) is 0 Å². The summed E-state index contributed by atoms with van der Waals surface area (Å²) in [5.41, 5.74) is 0.539. The highest BCUT2D eigenvalue weighted by Gasteiger charge is 2.29. The Balaban J connectivity index is 2.40. The van der Waals surface area contributed by atoms with Crippen LogP contribution in [0.15, 0.2) is 4.63 Å². The summed E-state index contributed by atoms with van der Waals surface area (Å²) in [5, 5.41) is 14.2. The summed E-state index contributed by atoms with van der Waals surface area (Å²) >= 11 is 0. The van der Waals surface area contributed by atoms with E-state index >= 15 is 0 Å². The maximum atomic E-state index is 10.6. The van der Waals surface area contributed by atoms with Gasteiger partial charge in [0, 0.05) is 20.0 Å². The molecule has 0 radical (unpaired) electrons. The highest BCUT2D eigenvalue weighted by molar-refractivity contribution is 5.45. The predicted octanol–water partition coefficient (Wildman–Crippen LogP) is -0.564. The van der Waals surface area contributed by atoms with Crippen molar-refractivity contribution in [2.45, 2.75) is 6.92 Å². The van der Waals surface area contributed by atoms with Gasteiger partial charge in [0.1, 0.15) is 0 Å². The summed E-state index contributed by atoms with van der Waals surface area (Å²) in [7, 11) is 0. The molecule has 1 aliphatic rings. The second-order valence-corrected chi connectivity index (χ2v) is 2.33. The molecule has 5 nitrogen and oxygen atoms in total. The fourth-order valence-corrected chi connectivity index (χ4v) is 0.833. The van der Waals surface area contributed by atoms with Crippen LogP contribution in [-0.4, -0.2) is 18.2 Å². The van der Waals surface area contributed by atoms with Crippen LogP contribution in [0.2, 0.25) is 0 Å². The molecule has 0 aliphatic carbocycles. The number of aromatic nitrogens is 2. The van der Waals surface area contributed by atoms with Crippen LogP contribution < -0.4 is 9.80 Å². The van der Waals surface area contributed by atoms with Crippen molar-refractivity contribution in [1.29, 1.82) is 0 Å². The second-order valence-electron chi connectivity index (χ2n) is 2.33. The van der Waals surface area contributed by atoms with Gasteiger partial charge >= 0.3 is 5.82 Å². The molecule has 0 amide bonds. The molecule has 1 aromatic rings. The first kappa shape index (κ1) is 5.52. The standard InChI is InChI=1S/C5H7N3O2/c1-4-5(7-2-3-7)6-10-8(4)9/h2-3H2,1H3. The zero-order valence-corrected chi connectivity index (χ0v) is 5.57.